The molecule has 1 aromatic rings. The summed E-state index contributed by atoms with van der Waals surface area (Å²) in [5.74, 6) is 0.0357. The number of piperazine rings is 1. The van der Waals surface area contributed by atoms with Gasteiger partial charge in [0.1, 0.15) is 0 Å². The van der Waals surface area contributed by atoms with E-state index >= 15 is 0 Å². The summed E-state index contributed by atoms with van der Waals surface area (Å²) < 4.78 is 28.1. The Labute approximate surface area is 175 Å². The first kappa shape index (κ1) is 22.2. The lowest BCUT2D eigenvalue weighted by atomic mass is 10.1. The number of hydrogen-bond donors (Lipinski definition) is 1. The zero-order chi connectivity index (χ0) is 20.7. The van der Waals surface area contributed by atoms with Gasteiger partial charge in [-0.25, -0.2) is 8.42 Å². The number of piperidine rings is 1. The molecule has 8 heteroatoms. The number of rotatable bonds is 8. The molecule has 0 spiro atoms. The summed E-state index contributed by atoms with van der Waals surface area (Å²) in [7, 11) is -3.62. The van der Waals surface area contributed by atoms with Crippen molar-refractivity contribution in [2.24, 2.45) is 0 Å². The SMILES string of the molecule is Cc1ccc(S(=O)(=O)N(CCC(=O)N2CCNCC2)CCN2CCCCC2)cc1. The molecule has 0 bridgehead atoms. The predicted molar refractivity (Wildman–Crippen MR) is 114 cm³/mol. The van der Waals surface area contributed by atoms with E-state index < -0.39 is 10.0 Å². The van der Waals surface area contributed by atoms with Crippen LogP contribution in [0, 0.1) is 6.92 Å². The summed E-state index contributed by atoms with van der Waals surface area (Å²) in [5.41, 5.74) is 1.03. The Morgan fingerprint density at radius 3 is 2.31 bits per heavy atom. The van der Waals surface area contributed by atoms with E-state index in [1.165, 1.54) is 23.6 Å². The van der Waals surface area contributed by atoms with Gasteiger partial charge in [-0.3, -0.25) is 4.79 Å². The Morgan fingerprint density at radius 2 is 1.66 bits per heavy atom. The summed E-state index contributed by atoms with van der Waals surface area (Å²) in [6.07, 6.45) is 3.82. The molecule has 29 heavy (non-hydrogen) atoms. The van der Waals surface area contributed by atoms with E-state index in [1.54, 1.807) is 12.1 Å². The number of hydrogen-bond acceptors (Lipinski definition) is 5. The third-order valence-corrected chi connectivity index (χ3v) is 7.73. The molecule has 0 aliphatic carbocycles. The molecule has 2 aliphatic heterocycles. The summed E-state index contributed by atoms with van der Waals surface area (Å²) in [6, 6.07) is 6.97. The Morgan fingerprint density at radius 1 is 1.00 bits per heavy atom. The molecule has 0 saturated carbocycles. The average molecular weight is 423 g/mol. The molecule has 3 rings (SSSR count). The zero-order valence-electron chi connectivity index (χ0n) is 17.5. The largest absolute Gasteiger partial charge is 0.340 e. The lowest BCUT2D eigenvalue weighted by Gasteiger charge is -2.31. The van der Waals surface area contributed by atoms with Crippen LogP contribution < -0.4 is 5.32 Å². The van der Waals surface area contributed by atoms with E-state index in [-0.39, 0.29) is 18.9 Å². The van der Waals surface area contributed by atoms with Gasteiger partial charge in [0.25, 0.3) is 0 Å². The predicted octanol–water partition coefficient (Wildman–Crippen LogP) is 1.29. The van der Waals surface area contributed by atoms with Crippen molar-refractivity contribution in [1.82, 2.24) is 19.4 Å². The van der Waals surface area contributed by atoms with E-state index in [4.69, 9.17) is 0 Å². The fourth-order valence-corrected chi connectivity index (χ4v) is 5.37. The lowest BCUT2D eigenvalue weighted by Crippen LogP contribution is -2.47. The molecule has 2 saturated heterocycles. The second-order valence-corrected chi connectivity index (χ2v) is 9.94. The topological polar surface area (TPSA) is 73.0 Å². The number of aryl methyl sites for hydroxylation is 1. The van der Waals surface area contributed by atoms with Crippen LogP contribution >= 0.6 is 0 Å². The average Bonchev–Trinajstić information content (AvgIpc) is 2.75. The number of likely N-dealkylation sites (tertiary alicyclic amines) is 1. The molecule has 0 radical (unpaired) electrons. The summed E-state index contributed by atoms with van der Waals surface area (Å²) >= 11 is 0. The van der Waals surface area contributed by atoms with Crippen LogP contribution in [0.4, 0.5) is 0 Å². The van der Waals surface area contributed by atoms with E-state index in [0.29, 0.717) is 31.1 Å². The van der Waals surface area contributed by atoms with Crippen LogP contribution in [0.3, 0.4) is 0 Å². The van der Waals surface area contributed by atoms with E-state index in [0.717, 1.165) is 31.7 Å². The van der Waals surface area contributed by atoms with Gasteiger partial charge in [0.2, 0.25) is 15.9 Å². The van der Waals surface area contributed by atoms with Crippen LogP contribution in [0.15, 0.2) is 29.2 Å². The van der Waals surface area contributed by atoms with Crippen LogP contribution in [0.1, 0.15) is 31.2 Å². The van der Waals surface area contributed by atoms with Crippen LogP contribution in [-0.4, -0.2) is 87.3 Å². The number of sulfonamides is 1. The molecule has 2 aliphatic rings. The van der Waals surface area contributed by atoms with Gasteiger partial charge in [-0.1, -0.05) is 24.1 Å². The number of carbonyl (C=O) groups excluding carboxylic acids is 1. The van der Waals surface area contributed by atoms with Crippen molar-refractivity contribution in [1.29, 1.82) is 0 Å². The normalized spacial score (nSPS) is 18.9. The molecule has 162 valence electrons. The van der Waals surface area contributed by atoms with Crippen molar-refractivity contribution in [2.45, 2.75) is 37.5 Å². The van der Waals surface area contributed by atoms with Gasteiger partial charge in [0.05, 0.1) is 4.90 Å². The molecule has 0 aromatic heterocycles. The summed E-state index contributed by atoms with van der Waals surface area (Å²) in [4.78, 5) is 17.0. The number of benzene rings is 1. The molecule has 1 N–H and O–H groups in total. The first-order valence-corrected chi connectivity index (χ1v) is 12.2. The minimum Gasteiger partial charge on any atom is -0.340 e. The zero-order valence-corrected chi connectivity index (χ0v) is 18.3. The Balaban J connectivity index is 1.67. The quantitative estimate of drug-likeness (QED) is 0.684. The van der Waals surface area contributed by atoms with Crippen molar-refractivity contribution in [3.8, 4) is 0 Å². The number of amides is 1. The lowest BCUT2D eigenvalue weighted by molar-refractivity contribution is -0.131. The maximum absolute atomic E-state index is 13.3. The van der Waals surface area contributed by atoms with Gasteiger partial charge in [-0.15, -0.1) is 0 Å². The van der Waals surface area contributed by atoms with E-state index in [2.05, 4.69) is 10.2 Å². The Kier molecular flexibility index (Phi) is 8.06. The molecule has 1 aromatic carbocycles. The van der Waals surface area contributed by atoms with Crippen LogP contribution in [0.25, 0.3) is 0 Å². The van der Waals surface area contributed by atoms with Crippen LogP contribution in [-0.2, 0) is 14.8 Å². The third-order valence-electron chi connectivity index (χ3n) is 5.82. The molecule has 0 atom stereocenters. The molecular formula is C21H34N4O3S. The molecule has 2 heterocycles. The van der Waals surface area contributed by atoms with Crippen molar-refractivity contribution in [2.75, 3.05) is 58.9 Å². The fraction of sp³-hybridized carbons (Fsp3) is 0.667. The van der Waals surface area contributed by atoms with Crippen molar-refractivity contribution >= 4 is 15.9 Å². The van der Waals surface area contributed by atoms with Crippen molar-refractivity contribution in [3.05, 3.63) is 29.8 Å². The second kappa shape index (κ2) is 10.5. The number of nitrogens with zero attached hydrogens (tertiary/aromatic N) is 3. The number of nitrogens with one attached hydrogen (secondary N) is 1. The third kappa shape index (κ3) is 6.25. The van der Waals surface area contributed by atoms with Crippen LogP contribution in [0.2, 0.25) is 0 Å². The Hall–Kier alpha value is -1.48. The highest BCUT2D eigenvalue weighted by atomic mass is 32.2. The van der Waals surface area contributed by atoms with Crippen molar-refractivity contribution < 1.29 is 13.2 Å². The summed E-state index contributed by atoms with van der Waals surface area (Å²) in [5, 5.41) is 3.24. The summed E-state index contributed by atoms with van der Waals surface area (Å²) in [6.45, 7) is 8.34. The monoisotopic (exact) mass is 422 g/mol. The molecule has 1 amide bonds. The highest BCUT2D eigenvalue weighted by Gasteiger charge is 2.27. The Bertz CT molecular complexity index is 755. The molecular weight excluding hydrogens is 388 g/mol. The fourth-order valence-electron chi connectivity index (χ4n) is 3.94. The highest BCUT2D eigenvalue weighted by Crippen LogP contribution is 2.18. The molecule has 0 unspecified atom stereocenters. The van der Waals surface area contributed by atoms with Gasteiger partial charge in [-0.2, -0.15) is 4.31 Å². The standard InChI is InChI=1S/C21H34N4O3S/c1-19-5-7-20(8-6-19)29(27,28)25(18-17-23-12-3-2-4-13-23)14-9-21(26)24-15-10-22-11-16-24/h5-8,22H,2-4,9-18H2,1H3. The van der Waals surface area contributed by atoms with Gasteiger partial charge in [0, 0.05) is 52.2 Å². The maximum atomic E-state index is 13.3. The molecule has 7 nitrogen and oxygen atoms in total. The van der Waals surface area contributed by atoms with Gasteiger partial charge < -0.3 is 15.1 Å². The van der Waals surface area contributed by atoms with Crippen molar-refractivity contribution in [3.63, 3.8) is 0 Å². The minimum atomic E-state index is -3.62. The van der Waals surface area contributed by atoms with Gasteiger partial charge in [0.15, 0.2) is 0 Å². The minimum absolute atomic E-state index is 0.0357. The first-order valence-electron chi connectivity index (χ1n) is 10.7. The first-order chi connectivity index (χ1) is 14.0. The second-order valence-electron chi connectivity index (χ2n) is 8.00. The number of carbonyl (C=O) groups is 1. The van der Waals surface area contributed by atoms with Crippen LogP contribution in [0.5, 0.6) is 0 Å². The maximum Gasteiger partial charge on any atom is 0.243 e. The van der Waals surface area contributed by atoms with Gasteiger partial charge >= 0.3 is 0 Å². The molecule has 2 fully saturated rings. The van der Waals surface area contributed by atoms with Gasteiger partial charge in [-0.05, 0) is 45.0 Å². The highest BCUT2D eigenvalue weighted by molar-refractivity contribution is 7.89. The smallest absolute Gasteiger partial charge is 0.243 e. The van der Waals surface area contributed by atoms with E-state index in [9.17, 15) is 13.2 Å². The van der Waals surface area contributed by atoms with E-state index in [1.807, 2.05) is 24.0 Å².